The third-order valence-corrected chi connectivity index (χ3v) is 2.60. The molecule has 0 amide bonds. The molecule has 1 atom stereocenters. The van der Waals surface area contributed by atoms with E-state index in [-0.39, 0.29) is 11.6 Å². The van der Waals surface area contributed by atoms with E-state index >= 15 is 0 Å². The number of anilines is 1. The van der Waals surface area contributed by atoms with Crippen LogP contribution in [0.5, 0.6) is 0 Å². The first-order valence-corrected chi connectivity index (χ1v) is 4.78. The number of hydrogen-bond donors (Lipinski definition) is 3. The van der Waals surface area contributed by atoms with Crippen LogP contribution in [0.15, 0.2) is 4.79 Å². The van der Waals surface area contributed by atoms with Crippen molar-refractivity contribution in [2.75, 3.05) is 12.3 Å². The van der Waals surface area contributed by atoms with E-state index in [1.54, 1.807) is 6.92 Å². The molecule has 1 fully saturated rings. The lowest BCUT2D eigenvalue weighted by Gasteiger charge is -2.10. The van der Waals surface area contributed by atoms with Gasteiger partial charge in [-0.1, -0.05) is 0 Å². The lowest BCUT2D eigenvalue weighted by molar-refractivity contribution is 0.602. The molecule has 76 valence electrons. The second kappa shape index (κ2) is 3.42. The van der Waals surface area contributed by atoms with Crippen molar-refractivity contribution in [2.45, 2.75) is 25.8 Å². The number of hydrogen-bond acceptors (Lipinski definition) is 4. The molecule has 1 aromatic heterocycles. The molecule has 0 radical (unpaired) electrons. The Balaban J connectivity index is 2.39. The Morgan fingerprint density at radius 3 is 2.93 bits per heavy atom. The molecular formula is C9H14N4O. The van der Waals surface area contributed by atoms with Crippen molar-refractivity contribution in [3.63, 3.8) is 0 Å². The number of aromatic nitrogens is 2. The summed E-state index contributed by atoms with van der Waals surface area (Å²) in [6.07, 6.45) is 2.12. The molecular weight excluding hydrogens is 180 g/mol. The maximum absolute atomic E-state index is 11.4. The van der Waals surface area contributed by atoms with Crippen molar-refractivity contribution in [1.29, 1.82) is 0 Å². The van der Waals surface area contributed by atoms with E-state index in [1.165, 1.54) is 0 Å². The van der Waals surface area contributed by atoms with Gasteiger partial charge in [0.2, 0.25) is 0 Å². The number of H-pyrrole nitrogens is 1. The highest BCUT2D eigenvalue weighted by molar-refractivity contribution is 5.36. The van der Waals surface area contributed by atoms with Crippen LogP contribution in [0.1, 0.15) is 30.3 Å². The third kappa shape index (κ3) is 1.50. The normalized spacial score (nSPS) is 21.4. The number of aromatic amines is 1. The Bertz CT molecular complexity index is 392. The summed E-state index contributed by atoms with van der Waals surface area (Å²) >= 11 is 0. The Morgan fingerprint density at radius 2 is 2.36 bits per heavy atom. The predicted molar refractivity (Wildman–Crippen MR) is 54.0 cm³/mol. The van der Waals surface area contributed by atoms with Gasteiger partial charge in [0.1, 0.15) is 11.6 Å². The summed E-state index contributed by atoms with van der Waals surface area (Å²) in [6.45, 7) is 2.65. The van der Waals surface area contributed by atoms with Gasteiger partial charge in [-0.25, -0.2) is 4.98 Å². The van der Waals surface area contributed by atoms with Crippen LogP contribution in [0.3, 0.4) is 0 Å². The van der Waals surface area contributed by atoms with E-state index in [0.29, 0.717) is 17.2 Å². The molecule has 5 heteroatoms. The van der Waals surface area contributed by atoms with Gasteiger partial charge in [0, 0.05) is 0 Å². The van der Waals surface area contributed by atoms with Crippen molar-refractivity contribution < 1.29 is 0 Å². The Morgan fingerprint density at radius 1 is 1.57 bits per heavy atom. The highest BCUT2D eigenvalue weighted by Gasteiger charge is 2.19. The number of nitrogens with one attached hydrogen (secondary N) is 2. The van der Waals surface area contributed by atoms with E-state index in [4.69, 9.17) is 5.73 Å². The van der Waals surface area contributed by atoms with Crippen molar-refractivity contribution in [3.05, 3.63) is 21.7 Å². The summed E-state index contributed by atoms with van der Waals surface area (Å²) in [5, 5.41) is 3.26. The zero-order chi connectivity index (χ0) is 10.1. The van der Waals surface area contributed by atoms with Crippen LogP contribution in [-0.4, -0.2) is 16.5 Å². The second-order valence-electron chi connectivity index (χ2n) is 3.61. The van der Waals surface area contributed by atoms with Crippen LogP contribution in [0.4, 0.5) is 5.82 Å². The highest BCUT2D eigenvalue weighted by Crippen LogP contribution is 2.19. The maximum Gasteiger partial charge on any atom is 0.255 e. The second-order valence-corrected chi connectivity index (χ2v) is 3.61. The van der Waals surface area contributed by atoms with E-state index in [0.717, 1.165) is 19.4 Å². The molecule has 1 aromatic rings. The molecule has 0 aromatic carbocycles. The SMILES string of the molecule is Cc1c(N)nc(C2CCCN2)[nH]c1=O. The van der Waals surface area contributed by atoms with Gasteiger partial charge >= 0.3 is 0 Å². The molecule has 1 aliphatic heterocycles. The van der Waals surface area contributed by atoms with Crippen molar-refractivity contribution in [3.8, 4) is 0 Å². The predicted octanol–water partition coefficient (Wildman–Crippen LogP) is 0.0850. The van der Waals surface area contributed by atoms with Crippen LogP contribution in [0.25, 0.3) is 0 Å². The monoisotopic (exact) mass is 194 g/mol. The molecule has 14 heavy (non-hydrogen) atoms. The standard InChI is InChI=1S/C9H14N4O/c1-5-7(10)12-8(13-9(5)14)6-3-2-4-11-6/h6,11H,2-4H2,1H3,(H3,10,12,13,14). The molecule has 4 N–H and O–H groups in total. The minimum atomic E-state index is -0.138. The van der Waals surface area contributed by atoms with Gasteiger partial charge in [-0.2, -0.15) is 0 Å². The third-order valence-electron chi connectivity index (χ3n) is 2.60. The van der Waals surface area contributed by atoms with E-state index in [1.807, 2.05) is 0 Å². The Labute approximate surface area is 81.7 Å². The largest absolute Gasteiger partial charge is 0.383 e. The smallest absolute Gasteiger partial charge is 0.255 e. The first-order chi connectivity index (χ1) is 6.68. The Kier molecular flexibility index (Phi) is 2.25. The van der Waals surface area contributed by atoms with Gasteiger partial charge in [-0.05, 0) is 26.3 Å². The zero-order valence-corrected chi connectivity index (χ0v) is 8.13. The lowest BCUT2D eigenvalue weighted by atomic mass is 10.2. The minimum Gasteiger partial charge on any atom is -0.383 e. The molecule has 1 saturated heterocycles. The van der Waals surface area contributed by atoms with E-state index in [2.05, 4.69) is 15.3 Å². The van der Waals surface area contributed by atoms with Crippen LogP contribution in [0, 0.1) is 6.92 Å². The number of rotatable bonds is 1. The van der Waals surface area contributed by atoms with Crippen LogP contribution < -0.4 is 16.6 Å². The van der Waals surface area contributed by atoms with Gasteiger partial charge in [-0.15, -0.1) is 0 Å². The summed E-state index contributed by atoms with van der Waals surface area (Å²) in [4.78, 5) is 18.3. The molecule has 0 saturated carbocycles. The zero-order valence-electron chi connectivity index (χ0n) is 8.13. The fraction of sp³-hybridized carbons (Fsp3) is 0.556. The number of nitrogen functional groups attached to an aromatic ring is 1. The van der Waals surface area contributed by atoms with Gasteiger partial charge < -0.3 is 16.0 Å². The van der Waals surface area contributed by atoms with Crippen molar-refractivity contribution in [2.24, 2.45) is 0 Å². The van der Waals surface area contributed by atoms with Crippen molar-refractivity contribution in [1.82, 2.24) is 15.3 Å². The lowest BCUT2D eigenvalue weighted by Crippen LogP contribution is -2.23. The average molecular weight is 194 g/mol. The molecule has 5 nitrogen and oxygen atoms in total. The van der Waals surface area contributed by atoms with Gasteiger partial charge in [0.15, 0.2) is 0 Å². The fourth-order valence-electron chi connectivity index (χ4n) is 1.65. The molecule has 1 unspecified atom stereocenters. The van der Waals surface area contributed by atoms with Crippen LogP contribution in [-0.2, 0) is 0 Å². The van der Waals surface area contributed by atoms with Crippen LogP contribution in [0.2, 0.25) is 0 Å². The first kappa shape index (κ1) is 9.21. The molecule has 0 aliphatic carbocycles. The maximum atomic E-state index is 11.4. The van der Waals surface area contributed by atoms with Crippen LogP contribution >= 0.6 is 0 Å². The minimum absolute atomic E-state index is 0.138. The fourth-order valence-corrected chi connectivity index (χ4v) is 1.65. The van der Waals surface area contributed by atoms with Crippen molar-refractivity contribution >= 4 is 5.82 Å². The number of nitrogens with zero attached hydrogens (tertiary/aromatic N) is 1. The summed E-state index contributed by atoms with van der Waals surface area (Å²) in [7, 11) is 0. The average Bonchev–Trinajstić information content (AvgIpc) is 2.66. The molecule has 0 bridgehead atoms. The topological polar surface area (TPSA) is 83.8 Å². The van der Waals surface area contributed by atoms with Gasteiger partial charge in [0.05, 0.1) is 11.6 Å². The van der Waals surface area contributed by atoms with Gasteiger partial charge in [0.25, 0.3) is 5.56 Å². The summed E-state index contributed by atoms with van der Waals surface area (Å²) < 4.78 is 0. The molecule has 2 heterocycles. The van der Waals surface area contributed by atoms with E-state index in [9.17, 15) is 4.79 Å². The molecule has 1 aliphatic rings. The molecule has 2 rings (SSSR count). The number of nitrogens with two attached hydrogens (primary N) is 1. The van der Waals surface area contributed by atoms with Gasteiger partial charge in [-0.3, -0.25) is 4.79 Å². The summed E-state index contributed by atoms with van der Waals surface area (Å²) in [6, 6.07) is 0.158. The summed E-state index contributed by atoms with van der Waals surface area (Å²) in [5.74, 6) is 0.994. The first-order valence-electron chi connectivity index (χ1n) is 4.78. The Hall–Kier alpha value is -1.36. The quantitative estimate of drug-likeness (QED) is 0.591. The highest BCUT2D eigenvalue weighted by atomic mass is 16.1. The summed E-state index contributed by atoms with van der Waals surface area (Å²) in [5.41, 5.74) is 5.98. The molecule has 0 spiro atoms. The van der Waals surface area contributed by atoms with E-state index < -0.39 is 0 Å².